The highest BCUT2D eigenvalue weighted by Crippen LogP contribution is 2.21. The first-order chi connectivity index (χ1) is 14.0. The lowest BCUT2D eigenvalue weighted by Gasteiger charge is -2.16. The van der Waals surface area contributed by atoms with Gasteiger partial charge in [0.05, 0.1) is 6.61 Å². The molecule has 3 N–H and O–H groups in total. The van der Waals surface area contributed by atoms with Crippen LogP contribution >= 0.6 is 0 Å². The SMILES string of the molecule is COCCN(C)CCCNC(=O)Nc1cc(NC(=O)c2ccccc2)ccc1C. The van der Waals surface area contributed by atoms with Crippen molar-refractivity contribution >= 4 is 23.3 Å². The average Bonchev–Trinajstić information content (AvgIpc) is 2.72. The minimum Gasteiger partial charge on any atom is -0.383 e. The molecule has 0 aliphatic rings. The maximum atomic E-state index is 12.3. The van der Waals surface area contributed by atoms with Gasteiger partial charge in [0.1, 0.15) is 0 Å². The van der Waals surface area contributed by atoms with Crippen LogP contribution in [0.5, 0.6) is 0 Å². The normalized spacial score (nSPS) is 10.6. The van der Waals surface area contributed by atoms with E-state index in [9.17, 15) is 9.59 Å². The molecule has 0 saturated carbocycles. The van der Waals surface area contributed by atoms with Gasteiger partial charge in [-0.3, -0.25) is 4.79 Å². The largest absolute Gasteiger partial charge is 0.383 e. The zero-order chi connectivity index (χ0) is 21.1. The second-order valence-electron chi connectivity index (χ2n) is 6.88. The van der Waals surface area contributed by atoms with E-state index in [1.165, 1.54) is 0 Å². The average molecular weight is 399 g/mol. The number of hydrogen-bond donors (Lipinski definition) is 3. The van der Waals surface area contributed by atoms with Crippen LogP contribution in [-0.4, -0.2) is 57.2 Å². The van der Waals surface area contributed by atoms with E-state index in [1.54, 1.807) is 25.3 Å². The number of nitrogens with zero attached hydrogens (tertiary/aromatic N) is 1. The molecule has 0 heterocycles. The Hall–Kier alpha value is -2.90. The number of carbonyl (C=O) groups is 2. The smallest absolute Gasteiger partial charge is 0.319 e. The van der Waals surface area contributed by atoms with E-state index in [0.717, 1.165) is 25.1 Å². The third-order valence-corrected chi connectivity index (χ3v) is 4.46. The van der Waals surface area contributed by atoms with Gasteiger partial charge in [0.2, 0.25) is 0 Å². The Labute approximate surface area is 172 Å². The summed E-state index contributed by atoms with van der Waals surface area (Å²) in [6.45, 7) is 4.92. The first-order valence-electron chi connectivity index (χ1n) is 9.69. The molecule has 0 aliphatic heterocycles. The lowest BCUT2D eigenvalue weighted by atomic mass is 10.1. The summed E-state index contributed by atoms with van der Waals surface area (Å²) >= 11 is 0. The van der Waals surface area contributed by atoms with Gasteiger partial charge in [-0.05, 0) is 56.8 Å². The van der Waals surface area contributed by atoms with E-state index in [0.29, 0.717) is 30.1 Å². The summed E-state index contributed by atoms with van der Waals surface area (Å²) < 4.78 is 5.05. The van der Waals surface area contributed by atoms with Gasteiger partial charge in [-0.1, -0.05) is 24.3 Å². The molecular formula is C22H30N4O3. The molecule has 0 fully saturated rings. The van der Waals surface area contributed by atoms with Gasteiger partial charge in [-0.2, -0.15) is 0 Å². The number of benzene rings is 2. The molecule has 0 atom stereocenters. The second-order valence-corrected chi connectivity index (χ2v) is 6.88. The fourth-order valence-electron chi connectivity index (χ4n) is 2.70. The maximum absolute atomic E-state index is 12.3. The number of methoxy groups -OCH3 is 1. The lowest BCUT2D eigenvalue weighted by Crippen LogP contribution is -2.32. The van der Waals surface area contributed by atoms with Crippen LogP contribution in [0.2, 0.25) is 0 Å². The highest BCUT2D eigenvalue weighted by atomic mass is 16.5. The fourth-order valence-corrected chi connectivity index (χ4v) is 2.70. The molecule has 2 aromatic carbocycles. The summed E-state index contributed by atoms with van der Waals surface area (Å²) in [6.07, 6.45) is 0.847. The molecule has 0 bridgehead atoms. The van der Waals surface area contributed by atoms with E-state index in [1.807, 2.05) is 44.3 Å². The van der Waals surface area contributed by atoms with Crippen LogP contribution in [0.15, 0.2) is 48.5 Å². The van der Waals surface area contributed by atoms with Gasteiger partial charge < -0.3 is 25.6 Å². The molecule has 156 valence electrons. The predicted octanol–water partition coefficient (Wildman–Crippen LogP) is 3.34. The Morgan fingerprint density at radius 1 is 1.03 bits per heavy atom. The summed E-state index contributed by atoms with van der Waals surface area (Å²) in [5.41, 5.74) is 2.78. The Bertz CT molecular complexity index is 796. The summed E-state index contributed by atoms with van der Waals surface area (Å²) in [4.78, 5) is 26.7. The molecule has 0 saturated heterocycles. The minimum absolute atomic E-state index is 0.192. The van der Waals surface area contributed by atoms with Crippen molar-refractivity contribution in [2.24, 2.45) is 0 Å². The van der Waals surface area contributed by atoms with Gasteiger partial charge in [0, 0.05) is 37.1 Å². The standard InChI is InChI=1S/C22H30N4O3/c1-17-10-11-19(24-21(27)18-8-5-4-6-9-18)16-20(17)25-22(28)23-12-7-13-26(2)14-15-29-3/h4-6,8-11,16H,7,12-15H2,1-3H3,(H,24,27)(H2,23,25,28). The van der Waals surface area contributed by atoms with Crippen molar-refractivity contribution in [3.63, 3.8) is 0 Å². The number of carbonyl (C=O) groups excluding carboxylic acids is 2. The summed E-state index contributed by atoms with van der Waals surface area (Å²) in [5.74, 6) is -0.192. The number of aryl methyl sites for hydroxylation is 1. The molecule has 0 unspecified atom stereocenters. The van der Waals surface area contributed by atoms with E-state index in [4.69, 9.17) is 4.74 Å². The Morgan fingerprint density at radius 3 is 2.52 bits per heavy atom. The van der Waals surface area contributed by atoms with Gasteiger partial charge in [-0.25, -0.2) is 4.79 Å². The number of rotatable bonds is 10. The molecule has 0 aliphatic carbocycles. The predicted molar refractivity (Wildman–Crippen MR) is 117 cm³/mol. The zero-order valence-electron chi connectivity index (χ0n) is 17.3. The number of urea groups is 1. The van der Waals surface area contributed by atoms with Crippen LogP contribution in [0.4, 0.5) is 16.2 Å². The minimum atomic E-state index is -0.265. The number of nitrogens with one attached hydrogen (secondary N) is 3. The van der Waals surface area contributed by atoms with E-state index in [2.05, 4.69) is 20.9 Å². The highest BCUT2D eigenvalue weighted by molar-refractivity contribution is 6.04. The van der Waals surface area contributed by atoms with Crippen LogP contribution in [-0.2, 0) is 4.74 Å². The third-order valence-electron chi connectivity index (χ3n) is 4.46. The van der Waals surface area contributed by atoms with E-state index in [-0.39, 0.29) is 11.9 Å². The topological polar surface area (TPSA) is 82.7 Å². The molecular weight excluding hydrogens is 368 g/mol. The van der Waals surface area contributed by atoms with Crippen molar-refractivity contribution in [1.82, 2.24) is 10.2 Å². The number of anilines is 2. The maximum Gasteiger partial charge on any atom is 0.319 e. The Morgan fingerprint density at radius 2 is 1.79 bits per heavy atom. The van der Waals surface area contributed by atoms with Crippen molar-refractivity contribution in [1.29, 1.82) is 0 Å². The monoisotopic (exact) mass is 398 g/mol. The molecule has 0 aromatic heterocycles. The molecule has 29 heavy (non-hydrogen) atoms. The van der Waals surface area contributed by atoms with Crippen LogP contribution in [0.25, 0.3) is 0 Å². The van der Waals surface area contributed by atoms with E-state index < -0.39 is 0 Å². The van der Waals surface area contributed by atoms with Crippen molar-refractivity contribution in [2.45, 2.75) is 13.3 Å². The van der Waals surface area contributed by atoms with Crippen LogP contribution in [0, 0.1) is 6.92 Å². The fraction of sp³-hybridized carbons (Fsp3) is 0.364. The summed E-state index contributed by atoms with van der Waals surface area (Å²) in [6, 6.07) is 14.2. The molecule has 2 aromatic rings. The number of ether oxygens (including phenoxy) is 1. The van der Waals surface area contributed by atoms with Crippen molar-refractivity contribution in [2.75, 3.05) is 51.0 Å². The molecule has 7 heteroatoms. The van der Waals surface area contributed by atoms with Gasteiger partial charge in [0.25, 0.3) is 5.91 Å². The van der Waals surface area contributed by atoms with Gasteiger partial charge in [0.15, 0.2) is 0 Å². The highest BCUT2D eigenvalue weighted by Gasteiger charge is 2.09. The van der Waals surface area contributed by atoms with Crippen molar-refractivity contribution in [3.8, 4) is 0 Å². The summed E-state index contributed by atoms with van der Waals surface area (Å²) in [5, 5.41) is 8.57. The number of hydrogen-bond acceptors (Lipinski definition) is 4. The molecule has 0 spiro atoms. The van der Waals surface area contributed by atoms with Crippen LogP contribution in [0.1, 0.15) is 22.3 Å². The van der Waals surface area contributed by atoms with Crippen LogP contribution < -0.4 is 16.0 Å². The van der Waals surface area contributed by atoms with Crippen molar-refractivity contribution < 1.29 is 14.3 Å². The zero-order valence-corrected chi connectivity index (χ0v) is 17.3. The summed E-state index contributed by atoms with van der Waals surface area (Å²) in [7, 11) is 3.71. The molecule has 2 rings (SSSR count). The Kier molecular flexibility index (Phi) is 9.14. The quantitative estimate of drug-likeness (QED) is 0.536. The molecule has 3 amide bonds. The Balaban J connectivity index is 1.83. The van der Waals surface area contributed by atoms with E-state index >= 15 is 0 Å². The molecule has 7 nitrogen and oxygen atoms in total. The van der Waals surface area contributed by atoms with Crippen molar-refractivity contribution in [3.05, 3.63) is 59.7 Å². The van der Waals surface area contributed by atoms with Crippen LogP contribution in [0.3, 0.4) is 0 Å². The second kappa shape index (κ2) is 11.8. The number of likely N-dealkylation sites (N-methyl/N-ethyl adjacent to an activating group) is 1. The van der Waals surface area contributed by atoms with Gasteiger partial charge in [-0.15, -0.1) is 0 Å². The first kappa shape index (κ1) is 22.4. The van der Waals surface area contributed by atoms with Gasteiger partial charge >= 0.3 is 6.03 Å². The molecule has 0 radical (unpaired) electrons. The third kappa shape index (κ3) is 7.93. The lowest BCUT2D eigenvalue weighted by molar-refractivity contribution is 0.102. The number of amides is 3. The first-order valence-corrected chi connectivity index (χ1v) is 9.69.